The lowest BCUT2D eigenvalue weighted by Gasteiger charge is -2.20. The van der Waals surface area contributed by atoms with E-state index in [4.69, 9.17) is 15.2 Å². The van der Waals surface area contributed by atoms with Crippen molar-refractivity contribution in [3.63, 3.8) is 0 Å². The Labute approximate surface area is 125 Å². The second kappa shape index (κ2) is 5.99. The predicted molar refractivity (Wildman–Crippen MR) is 79.7 cm³/mol. The second-order valence-corrected chi connectivity index (χ2v) is 6.86. The fraction of sp³-hybridized carbons (Fsp3) is 0.385. The number of benzene rings is 1. The van der Waals surface area contributed by atoms with E-state index in [0.29, 0.717) is 13.2 Å². The van der Waals surface area contributed by atoms with E-state index in [9.17, 15) is 0 Å². The molecule has 1 aliphatic heterocycles. The summed E-state index contributed by atoms with van der Waals surface area (Å²) in [5.74, 6) is 2.33. The third-order valence-electron chi connectivity index (χ3n) is 2.89. The van der Waals surface area contributed by atoms with Crippen LogP contribution in [0.1, 0.15) is 16.6 Å². The molecule has 1 aromatic carbocycles. The van der Waals surface area contributed by atoms with Gasteiger partial charge in [0.15, 0.2) is 15.8 Å². The molecule has 7 heteroatoms. The van der Waals surface area contributed by atoms with Crippen LogP contribution in [0.3, 0.4) is 0 Å². The lowest BCUT2D eigenvalue weighted by Crippen LogP contribution is -2.17. The number of hydrogen-bond donors (Lipinski definition) is 1. The van der Waals surface area contributed by atoms with Gasteiger partial charge in [-0.1, -0.05) is 29.2 Å². The molecule has 0 fully saturated rings. The molecule has 0 bridgehead atoms. The SMILES string of the molecule is Cc1nnc(SCC(N)c2ccc3c(c2)OCCO3)s1. The standard InChI is InChI=1S/C13H15N3O2S2/c1-8-15-16-13(20-8)19-7-10(14)9-2-3-11-12(6-9)18-5-4-17-11/h2-3,6,10H,4-5,7,14H2,1H3. The number of fused-ring (bicyclic) bond motifs is 1. The zero-order chi connectivity index (χ0) is 13.9. The van der Waals surface area contributed by atoms with Crippen LogP contribution in [0.25, 0.3) is 0 Å². The first-order valence-corrected chi connectivity index (χ1v) is 8.10. The number of aryl methyl sites for hydroxylation is 1. The molecule has 0 amide bonds. The zero-order valence-electron chi connectivity index (χ0n) is 11.0. The van der Waals surface area contributed by atoms with Crippen molar-refractivity contribution in [3.8, 4) is 11.5 Å². The van der Waals surface area contributed by atoms with Crippen LogP contribution in [0.15, 0.2) is 22.5 Å². The molecule has 1 unspecified atom stereocenters. The van der Waals surface area contributed by atoms with E-state index in [2.05, 4.69) is 10.2 Å². The highest BCUT2D eigenvalue weighted by Crippen LogP contribution is 2.33. The Morgan fingerprint density at radius 2 is 2.10 bits per heavy atom. The molecule has 1 aliphatic rings. The Kier molecular flexibility index (Phi) is 4.09. The summed E-state index contributed by atoms with van der Waals surface area (Å²) < 4.78 is 12.0. The van der Waals surface area contributed by atoms with E-state index in [1.54, 1.807) is 23.1 Å². The highest BCUT2D eigenvalue weighted by molar-refractivity contribution is 8.01. The fourth-order valence-electron chi connectivity index (χ4n) is 1.88. The highest BCUT2D eigenvalue weighted by atomic mass is 32.2. The average Bonchev–Trinajstić information content (AvgIpc) is 2.90. The molecule has 0 radical (unpaired) electrons. The molecule has 0 aliphatic carbocycles. The maximum absolute atomic E-state index is 6.22. The third kappa shape index (κ3) is 3.05. The number of ether oxygens (including phenoxy) is 2. The molecule has 1 atom stereocenters. The summed E-state index contributed by atoms with van der Waals surface area (Å²) in [5.41, 5.74) is 7.27. The topological polar surface area (TPSA) is 70.3 Å². The molecule has 20 heavy (non-hydrogen) atoms. The Balaban J connectivity index is 1.66. The Morgan fingerprint density at radius 3 is 2.85 bits per heavy atom. The van der Waals surface area contributed by atoms with Crippen molar-refractivity contribution < 1.29 is 9.47 Å². The van der Waals surface area contributed by atoms with E-state index in [1.165, 1.54) is 0 Å². The molecular formula is C13H15N3O2S2. The maximum Gasteiger partial charge on any atom is 0.174 e. The molecule has 3 rings (SSSR count). The van der Waals surface area contributed by atoms with Crippen LogP contribution in [0.4, 0.5) is 0 Å². The summed E-state index contributed by atoms with van der Waals surface area (Å²) in [6.45, 7) is 3.14. The summed E-state index contributed by atoms with van der Waals surface area (Å²) >= 11 is 3.22. The number of rotatable bonds is 4. The van der Waals surface area contributed by atoms with E-state index >= 15 is 0 Å². The lowest BCUT2D eigenvalue weighted by molar-refractivity contribution is 0.171. The number of nitrogens with zero attached hydrogens (tertiary/aromatic N) is 2. The van der Waals surface area contributed by atoms with Gasteiger partial charge in [-0.2, -0.15) is 0 Å². The van der Waals surface area contributed by atoms with Crippen LogP contribution >= 0.6 is 23.1 Å². The van der Waals surface area contributed by atoms with Gasteiger partial charge < -0.3 is 15.2 Å². The van der Waals surface area contributed by atoms with Gasteiger partial charge in [0.2, 0.25) is 0 Å². The summed E-state index contributed by atoms with van der Waals surface area (Å²) in [6, 6.07) is 5.80. The van der Waals surface area contributed by atoms with Gasteiger partial charge in [-0.05, 0) is 24.6 Å². The van der Waals surface area contributed by atoms with Gasteiger partial charge in [0.25, 0.3) is 0 Å². The largest absolute Gasteiger partial charge is 0.486 e. The first-order valence-electron chi connectivity index (χ1n) is 6.30. The first-order chi connectivity index (χ1) is 9.72. The van der Waals surface area contributed by atoms with E-state index in [0.717, 1.165) is 32.2 Å². The maximum atomic E-state index is 6.22. The Morgan fingerprint density at radius 1 is 1.30 bits per heavy atom. The minimum absolute atomic E-state index is 0.0694. The van der Waals surface area contributed by atoms with Gasteiger partial charge in [0.1, 0.15) is 18.2 Å². The summed E-state index contributed by atoms with van der Waals surface area (Å²) in [4.78, 5) is 0. The fourth-order valence-corrected chi connectivity index (χ4v) is 3.72. The minimum atomic E-state index is -0.0694. The molecule has 0 saturated carbocycles. The van der Waals surface area contributed by atoms with Gasteiger partial charge in [-0.3, -0.25) is 0 Å². The molecule has 1 aromatic heterocycles. The molecule has 0 spiro atoms. The van der Waals surface area contributed by atoms with Crippen LogP contribution in [0.5, 0.6) is 11.5 Å². The Bertz CT molecular complexity index is 603. The number of hydrogen-bond acceptors (Lipinski definition) is 7. The molecule has 0 saturated heterocycles. The van der Waals surface area contributed by atoms with Crippen molar-refractivity contribution in [3.05, 3.63) is 28.8 Å². The van der Waals surface area contributed by atoms with E-state index < -0.39 is 0 Å². The predicted octanol–water partition coefficient (Wildman–Crippen LogP) is 2.41. The monoisotopic (exact) mass is 309 g/mol. The molecular weight excluding hydrogens is 294 g/mol. The van der Waals surface area contributed by atoms with Crippen LogP contribution in [0, 0.1) is 6.92 Å². The number of aromatic nitrogens is 2. The van der Waals surface area contributed by atoms with Crippen molar-refractivity contribution in [2.24, 2.45) is 5.73 Å². The minimum Gasteiger partial charge on any atom is -0.486 e. The van der Waals surface area contributed by atoms with Crippen molar-refractivity contribution in [2.45, 2.75) is 17.3 Å². The van der Waals surface area contributed by atoms with Crippen molar-refractivity contribution >= 4 is 23.1 Å². The van der Waals surface area contributed by atoms with Crippen LogP contribution < -0.4 is 15.2 Å². The van der Waals surface area contributed by atoms with Gasteiger partial charge in [0.05, 0.1) is 0 Å². The molecule has 2 aromatic rings. The number of nitrogens with two attached hydrogens (primary N) is 1. The van der Waals surface area contributed by atoms with Crippen LogP contribution in [-0.4, -0.2) is 29.2 Å². The van der Waals surface area contributed by atoms with Gasteiger partial charge in [-0.15, -0.1) is 10.2 Å². The second-order valence-electron chi connectivity index (χ2n) is 4.41. The summed E-state index contributed by atoms with van der Waals surface area (Å²) in [6.07, 6.45) is 0. The van der Waals surface area contributed by atoms with E-state index in [1.807, 2.05) is 25.1 Å². The highest BCUT2D eigenvalue weighted by Gasteiger charge is 2.15. The van der Waals surface area contributed by atoms with Gasteiger partial charge >= 0.3 is 0 Å². The molecule has 106 valence electrons. The smallest absolute Gasteiger partial charge is 0.174 e. The zero-order valence-corrected chi connectivity index (χ0v) is 12.7. The summed E-state index contributed by atoms with van der Waals surface area (Å²) in [5, 5.41) is 9.05. The average molecular weight is 309 g/mol. The third-order valence-corrected chi connectivity index (χ3v) is 4.98. The molecule has 5 nitrogen and oxygen atoms in total. The first kappa shape index (κ1) is 13.7. The molecule has 2 heterocycles. The molecule has 2 N–H and O–H groups in total. The van der Waals surface area contributed by atoms with Gasteiger partial charge in [0, 0.05) is 11.8 Å². The van der Waals surface area contributed by atoms with E-state index in [-0.39, 0.29) is 6.04 Å². The number of thioether (sulfide) groups is 1. The van der Waals surface area contributed by atoms with Gasteiger partial charge in [-0.25, -0.2) is 0 Å². The van der Waals surface area contributed by atoms with Crippen molar-refractivity contribution in [2.75, 3.05) is 19.0 Å². The summed E-state index contributed by atoms with van der Waals surface area (Å²) in [7, 11) is 0. The normalized spacial score (nSPS) is 15.1. The van der Waals surface area contributed by atoms with Crippen molar-refractivity contribution in [1.82, 2.24) is 10.2 Å². The lowest BCUT2D eigenvalue weighted by atomic mass is 10.1. The van der Waals surface area contributed by atoms with Crippen molar-refractivity contribution in [1.29, 1.82) is 0 Å². The quantitative estimate of drug-likeness (QED) is 0.875. The van der Waals surface area contributed by atoms with Crippen LogP contribution in [-0.2, 0) is 0 Å². The van der Waals surface area contributed by atoms with Crippen LogP contribution in [0.2, 0.25) is 0 Å². The Hall–Kier alpha value is -1.31.